The number of benzene rings is 2. The van der Waals surface area contributed by atoms with E-state index in [4.69, 9.17) is 16.3 Å². The first-order chi connectivity index (χ1) is 14.4. The molecule has 0 unspecified atom stereocenters. The number of aryl methyl sites for hydroxylation is 1. The van der Waals surface area contributed by atoms with Gasteiger partial charge in [-0.15, -0.1) is 10.2 Å². The summed E-state index contributed by atoms with van der Waals surface area (Å²) in [7, 11) is 1.87. The van der Waals surface area contributed by atoms with Gasteiger partial charge in [0.05, 0.1) is 10.8 Å². The Bertz CT molecular complexity index is 1030. The zero-order valence-corrected chi connectivity index (χ0v) is 20.0. The SMILES string of the molecule is CCc1ccc(O[C@@H](C)c2nnc(SCC(=O)Nc3ccc(Br)c(Cl)c3)n2C)cc1. The van der Waals surface area contributed by atoms with Crippen molar-refractivity contribution in [2.24, 2.45) is 7.05 Å². The van der Waals surface area contributed by atoms with Gasteiger partial charge in [-0.3, -0.25) is 4.79 Å². The molecule has 0 spiro atoms. The fraction of sp³-hybridized carbons (Fsp3) is 0.286. The summed E-state index contributed by atoms with van der Waals surface area (Å²) < 4.78 is 8.62. The van der Waals surface area contributed by atoms with E-state index < -0.39 is 0 Å². The van der Waals surface area contributed by atoms with Gasteiger partial charge in [0.1, 0.15) is 5.75 Å². The van der Waals surface area contributed by atoms with Crippen LogP contribution in [0.1, 0.15) is 31.3 Å². The second kappa shape index (κ2) is 10.3. The summed E-state index contributed by atoms with van der Waals surface area (Å²) in [5.74, 6) is 1.53. The third-order valence-electron chi connectivity index (χ3n) is 4.41. The Labute approximate surface area is 193 Å². The molecule has 2 aromatic carbocycles. The van der Waals surface area contributed by atoms with Gasteiger partial charge in [-0.2, -0.15) is 0 Å². The Morgan fingerprint density at radius 3 is 2.67 bits per heavy atom. The predicted octanol–water partition coefficient (Wildman–Crippen LogP) is 5.66. The topological polar surface area (TPSA) is 69.0 Å². The maximum atomic E-state index is 12.3. The number of nitrogens with zero attached hydrogens (tertiary/aromatic N) is 3. The lowest BCUT2D eigenvalue weighted by Crippen LogP contribution is -2.15. The first kappa shape index (κ1) is 22.7. The van der Waals surface area contributed by atoms with Crippen molar-refractivity contribution in [1.82, 2.24) is 14.8 Å². The molecule has 30 heavy (non-hydrogen) atoms. The number of aromatic nitrogens is 3. The van der Waals surface area contributed by atoms with Gasteiger partial charge in [0.25, 0.3) is 0 Å². The highest BCUT2D eigenvalue weighted by molar-refractivity contribution is 9.10. The minimum absolute atomic E-state index is 0.150. The number of anilines is 1. The molecule has 158 valence electrons. The van der Waals surface area contributed by atoms with Crippen LogP contribution >= 0.6 is 39.3 Å². The second-order valence-electron chi connectivity index (χ2n) is 6.62. The molecular formula is C21H22BrClN4O2S. The molecule has 0 radical (unpaired) electrons. The number of carbonyl (C=O) groups excluding carboxylic acids is 1. The number of carbonyl (C=O) groups is 1. The molecular weight excluding hydrogens is 488 g/mol. The normalized spacial score (nSPS) is 11.9. The van der Waals surface area contributed by atoms with Crippen LogP contribution in [-0.4, -0.2) is 26.4 Å². The molecule has 1 amide bonds. The summed E-state index contributed by atoms with van der Waals surface area (Å²) in [6, 6.07) is 13.3. The van der Waals surface area contributed by atoms with Gasteiger partial charge in [0, 0.05) is 17.2 Å². The predicted molar refractivity (Wildman–Crippen MR) is 124 cm³/mol. The van der Waals surface area contributed by atoms with Crippen molar-refractivity contribution in [3.63, 3.8) is 0 Å². The molecule has 1 heterocycles. The number of halogens is 2. The summed E-state index contributed by atoms with van der Waals surface area (Å²) in [6.45, 7) is 4.04. The van der Waals surface area contributed by atoms with Crippen LogP contribution in [0.4, 0.5) is 5.69 Å². The highest BCUT2D eigenvalue weighted by Gasteiger charge is 2.18. The maximum absolute atomic E-state index is 12.3. The van der Waals surface area contributed by atoms with E-state index in [0.29, 0.717) is 21.7 Å². The van der Waals surface area contributed by atoms with Crippen LogP contribution in [-0.2, 0) is 18.3 Å². The minimum Gasteiger partial charge on any atom is -0.483 e. The van der Waals surface area contributed by atoms with E-state index >= 15 is 0 Å². The molecule has 0 aliphatic heterocycles. The van der Waals surface area contributed by atoms with Crippen molar-refractivity contribution >= 4 is 50.9 Å². The molecule has 6 nitrogen and oxygen atoms in total. The lowest BCUT2D eigenvalue weighted by molar-refractivity contribution is -0.113. The smallest absolute Gasteiger partial charge is 0.234 e. The molecule has 0 fully saturated rings. The highest BCUT2D eigenvalue weighted by Crippen LogP contribution is 2.26. The van der Waals surface area contributed by atoms with Gasteiger partial charge in [-0.25, -0.2) is 0 Å². The molecule has 3 aromatic rings. The first-order valence-electron chi connectivity index (χ1n) is 9.40. The molecule has 1 N–H and O–H groups in total. The van der Waals surface area contributed by atoms with Crippen molar-refractivity contribution < 1.29 is 9.53 Å². The summed E-state index contributed by atoms with van der Waals surface area (Å²) in [6.07, 6.45) is 0.713. The number of hydrogen-bond acceptors (Lipinski definition) is 5. The Kier molecular flexibility index (Phi) is 7.80. The molecule has 0 saturated carbocycles. The van der Waals surface area contributed by atoms with E-state index in [9.17, 15) is 4.79 Å². The van der Waals surface area contributed by atoms with Gasteiger partial charge in [-0.1, -0.05) is 42.4 Å². The monoisotopic (exact) mass is 508 g/mol. The van der Waals surface area contributed by atoms with Gasteiger partial charge in [0.15, 0.2) is 17.1 Å². The van der Waals surface area contributed by atoms with Crippen molar-refractivity contribution in [3.05, 3.63) is 63.3 Å². The largest absolute Gasteiger partial charge is 0.483 e. The zero-order chi connectivity index (χ0) is 21.7. The van der Waals surface area contributed by atoms with Crippen LogP contribution in [0.15, 0.2) is 52.1 Å². The first-order valence-corrected chi connectivity index (χ1v) is 11.6. The molecule has 0 bridgehead atoms. The van der Waals surface area contributed by atoms with E-state index in [1.807, 2.05) is 30.7 Å². The van der Waals surface area contributed by atoms with E-state index in [0.717, 1.165) is 16.6 Å². The third-order valence-corrected chi connectivity index (χ3v) is 6.67. The van der Waals surface area contributed by atoms with Crippen molar-refractivity contribution in [2.75, 3.05) is 11.1 Å². The molecule has 0 aliphatic carbocycles. The van der Waals surface area contributed by atoms with E-state index in [1.165, 1.54) is 17.3 Å². The lowest BCUT2D eigenvalue weighted by atomic mass is 10.2. The zero-order valence-electron chi connectivity index (χ0n) is 16.9. The quantitative estimate of drug-likeness (QED) is 0.397. The maximum Gasteiger partial charge on any atom is 0.234 e. The van der Waals surface area contributed by atoms with Crippen LogP contribution in [0.3, 0.4) is 0 Å². The van der Waals surface area contributed by atoms with Gasteiger partial charge in [0.2, 0.25) is 5.91 Å². The average molecular weight is 510 g/mol. The standard InChI is InChI=1S/C21H22BrClN4O2S/c1-4-14-5-8-16(9-6-14)29-13(2)20-25-26-21(27(20)3)30-12-19(28)24-15-7-10-17(22)18(23)11-15/h5-11,13H,4,12H2,1-3H3,(H,24,28)/t13-/m0/s1. The fourth-order valence-electron chi connectivity index (χ4n) is 2.77. The van der Waals surface area contributed by atoms with E-state index in [2.05, 4.69) is 50.5 Å². The Hall–Kier alpha value is -2.03. The van der Waals surface area contributed by atoms with Crippen LogP contribution in [0.2, 0.25) is 5.02 Å². The number of nitrogens with one attached hydrogen (secondary N) is 1. The second-order valence-corrected chi connectivity index (χ2v) is 8.83. The van der Waals surface area contributed by atoms with Crippen molar-refractivity contribution in [2.45, 2.75) is 31.5 Å². The van der Waals surface area contributed by atoms with Crippen LogP contribution in [0.25, 0.3) is 0 Å². The number of ether oxygens (including phenoxy) is 1. The summed E-state index contributed by atoms with van der Waals surface area (Å²) >= 11 is 10.7. The van der Waals surface area contributed by atoms with E-state index in [-0.39, 0.29) is 17.8 Å². The van der Waals surface area contributed by atoms with Gasteiger partial charge in [-0.05, 0) is 65.2 Å². The minimum atomic E-state index is -0.275. The van der Waals surface area contributed by atoms with Crippen molar-refractivity contribution in [3.8, 4) is 5.75 Å². The fourth-order valence-corrected chi connectivity index (χ4v) is 3.91. The molecule has 1 aromatic heterocycles. The van der Waals surface area contributed by atoms with Crippen LogP contribution in [0.5, 0.6) is 5.75 Å². The van der Waals surface area contributed by atoms with Crippen molar-refractivity contribution in [1.29, 1.82) is 0 Å². The molecule has 0 saturated heterocycles. The number of rotatable bonds is 8. The molecule has 9 heteroatoms. The Morgan fingerprint density at radius 2 is 2.00 bits per heavy atom. The summed E-state index contributed by atoms with van der Waals surface area (Å²) in [5.41, 5.74) is 1.90. The van der Waals surface area contributed by atoms with Crippen LogP contribution in [0, 0.1) is 0 Å². The van der Waals surface area contributed by atoms with E-state index in [1.54, 1.807) is 18.2 Å². The summed E-state index contributed by atoms with van der Waals surface area (Å²) in [5, 5.41) is 12.4. The molecule has 0 aliphatic rings. The molecule has 3 rings (SSSR count). The number of hydrogen-bond donors (Lipinski definition) is 1. The Morgan fingerprint density at radius 1 is 1.27 bits per heavy atom. The number of thioether (sulfide) groups is 1. The summed E-state index contributed by atoms with van der Waals surface area (Å²) in [4.78, 5) is 12.3. The van der Waals surface area contributed by atoms with Crippen LogP contribution < -0.4 is 10.1 Å². The van der Waals surface area contributed by atoms with Gasteiger partial charge < -0.3 is 14.6 Å². The Balaban J connectivity index is 1.57. The average Bonchev–Trinajstić information content (AvgIpc) is 3.10. The third kappa shape index (κ3) is 5.77. The van der Waals surface area contributed by atoms with Gasteiger partial charge >= 0.3 is 0 Å². The molecule has 1 atom stereocenters. The highest BCUT2D eigenvalue weighted by atomic mass is 79.9. The number of amides is 1. The lowest BCUT2D eigenvalue weighted by Gasteiger charge is -2.14.